The lowest BCUT2D eigenvalue weighted by molar-refractivity contribution is -0.116. The van der Waals surface area contributed by atoms with E-state index in [1.807, 2.05) is 5.32 Å². The average molecular weight is 389 g/mol. The van der Waals surface area contributed by atoms with Gasteiger partial charge in [-0.15, -0.1) is 4.98 Å². The summed E-state index contributed by atoms with van der Waals surface area (Å²) in [6, 6.07) is -0.713. The van der Waals surface area contributed by atoms with Crippen molar-refractivity contribution in [2.75, 3.05) is 18.1 Å². The molecule has 0 aromatic carbocycles. The molecule has 10 nitrogen and oxygen atoms in total. The zero-order valence-corrected chi connectivity index (χ0v) is 13.7. The van der Waals surface area contributed by atoms with E-state index in [0.29, 0.717) is 0 Å². The predicted octanol–water partition coefficient (Wildman–Crippen LogP) is 0.0162. The van der Waals surface area contributed by atoms with Gasteiger partial charge in [0.05, 0.1) is 6.20 Å². The van der Waals surface area contributed by atoms with E-state index in [9.17, 15) is 27.3 Å². The van der Waals surface area contributed by atoms with Crippen molar-refractivity contribution in [3.63, 3.8) is 0 Å². The Morgan fingerprint density at radius 1 is 1.35 bits per heavy atom. The van der Waals surface area contributed by atoms with Crippen LogP contribution in [0.1, 0.15) is 5.56 Å². The smallest absolute Gasteiger partial charge is 0.405 e. The summed E-state index contributed by atoms with van der Waals surface area (Å²) in [7, 11) is 0. The first-order valence-electron chi connectivity index (χ1n) is 6.88. The largest absolute Gasteiger partial charge is 0.609 e. The summed E-state index contributed by atoms with van der Waals surface area (Å²) in [5.74, 6) is -1.000. The molecule has 0 radical (unpaired) electrons. The summed E-state index contributed by atoms with van der Waals surface area (Å²) in [6.45, 7) is -1.39. The van der Waals surface area contributed by atoms with Gasteiger partial charge < -0.3 is 15.2 Å². The van der Waals surface area contributed by atoms with Crippen molar-refractivity contribution >= 4 is 40.8 Å². The van der Waals surface area contributed by atoms with Crippen LogP contribution >= 0.6 is 0 Å². The van der Waals surface area contributed by atoms with Crippen molar-refractivity contribution in [1.29, 1.82) is 0 Å². The number of fused-ring (bicyclic) bond motifs is 1. The van der Waals surface area contributed by atoms with Gasteiger partial charge in [-0.05, 0) is 6.08 Å². The minimum atomic E-state index is -4.51. The Kier molecular flexibility index (Phi) is 4.45. The fourth-order valence-electron chi connectivity index (χ4n) is 2.04. The number of alkyl halides is 3. The second-order valence-corrected chi connectivity index (χ2v) is 6.33. The van der Waals surface area contributed by atoms with E-state index in [0.717, 1.165) is 4.52 Å². The van der Waals surface area contributed by atoms with Crippen LogP contribution in [0.15, 0.2) is 17.1 Å². The molecule has 3 amide bonds. The number of aromatic nitrogens is 4. The molecule has 138 valence electrons. The fraction of sp³-hybridized carbons (Fsp3) is 0.250. The number of hydrogen-bond acceptors (Lipinski definition) is 7. The zero-order chi connectivity index (χ0) is 19.1. The highest BCUT2D eigenvalue weighted by molar-refractivity contribution is 7.90. The molecule has 3 heterocycles. The van der Waals surface area contributed by atoms with Crippen LogP contribution in [-0.4, -0.2) is 55.0 Å². The van der Waals surface area contributed by atoms with Gasteiger partial charge >= 0.3 is 17.4 Å². The lowest BCUT2D eigenvalue weighted by atomic mass is 10.2. The predicted molar refractivity (Wildman–Crippen MR) is 82.3 cm³/mol. The van der Waals surface area contributed by atoms with Gasteiger partial charge in [-0.2, -0.15) is 27.8 Å². The van der Waals surface area contributed by atoms with Gasteiger partial charge in [-0.25, -0.2) is 4.79 Å². The Hall–Kier alpha value is -2.87. The van der Waals surface area contributed by atoms with Crippen molar-refractivity contribution in [1.82, 2.24) is 30.2 Å². The number of nitrogens with zero attached hydrogens (tertiary/aromatic N) is 4. The topological polar surface area (TPSA) is 136 Å². The number of hydrogen-bond donors (Lipinski definition) is 3. The molecule has 0 aliphatic carbocycles. The zero-order valence-electron chi connectivity index (χ0n) is 12.9. The Bertz CT molecular complexity index is 925. The van der Waals surface area contributed by atoms with Gasteiger partial charge in [0.15, 0.2) is 5.65 Å². The van der Waals surface area contributed by atoms with E-state index < -0.39 is 35.8 Å². The molecule has 3 rings (SSSR count). The molecule has 1 aliphatic heterocycles. The van der Waals surface area contributed by atoms with Gasteiger partial charge in [0.25, 0.3) is 5.91 Å². The normalized spacial score (nSPS) is 17.5. The van der Waals surface area contributed by atoms with Crippen LogP contribution in [0.3, 0.4) is 0 Å². The number of rotatable bonds is 4. The Labute approximate surface area is 146 Å². The third-order valence-electron chi connectivity index (χ3n) is 3.10. The number of imide groups is 1. The summed E-state index contributed by atoms with van der Waals surface area (Å²) in [5.41, 5.74) is 0.130. The number of nitrogens with one attached hydrogen (secondary N) is 3. The van der Waals surface area contributed by atoms with Crippen molar-refractivity contribution in [2.24, 2.45) is 0 Å². The molecule has 1 fully saturated rings. The molecule has 0 bridgehead atoms. The third-order valence-corrected chi connectivity index (χ3v) is 3.80. The van der Waals surface area contributed by atoms with E-state index in [-0.39, 0.29) is 28.0 Å². The maximum absolute atomic E-state index is 12.5. The second kappa shape index (κ2) is 6.45. The molecule has 3 N–H and O–H groups in total. The molecule has 1 atom stereocenters. The molecule has 14 heteroatoms. The minimum Gasteiger partial charge on any atom is -0.609 e. The lowest BCUT2D eigenvalue weighted by Gasteiger charge is -2.11. The van der Waals surface area contributed by atoms with E-state index >= 15 is 0 Å². The van der Waals surface area contributed by atoms with Gasteiger partial charge in [0.1, 0.15) is 18.5 Å². The Morgan fingerprint density at radius 2 is 2.08 bits per heavy atom. The first-order chi connectivity index (χ1) is 12.1. The van der Waals surface area contributed by atoms with Gasteiger partial charge in [-0.3, -0.25) is 10.1 Å². The second-order valence-electron chi connectivity index (χ2n) is 5.05. The summed E-state index contributed by atoms with van der Waals surface area (Å²) in [6.07, 6.45) is -0.785. The monoisotopic (exact) mass is 389 g/mol. The van der Waals surface area contributed by atoms with Crippen LogP contribution in [0.5, 0.6) is 0 Å². The highest BCUT2D eigenvalue weighted by Gasteiger charge is 2.29. The molecule has 1 unspecified atom stereocenters. The molecule has 2 aromatic heterocycles. The van der Waals surface area contributed by atoms with Crippen LogP contribution < -0.4 is 16.0 Å². The molecule has 0 spiro atoms. The first kappa shape index (κ1) is 17.9. The third kappa shape index (κ3) is 3.70. The standard InChI is InChI=1S/C12H10F3N7O3S/c1-26(25)11-19-7-5(2-6-8(23)20-10(24)18-6)3-17-22(7)9(21-11)16-4-12(13,14)15/h2-3H,4H2,1H3,(H,16,19,21)(H2,18,20,23,24)/b6-2-. The number of amides is 3. The number of anilines is 1. The molecule has 1 aliphatic rings. The van der Waals surface area contributed by atoms with Crippen molar-refractivity contribution in [2.45, 2.75) is 11.3 Å². The quantitative estimate of drug-likeness (QED) is 0.381. The first-order valence-corrected chi connectivity index (χ1v) is 8.44. The summed E-state index contributed by atoms with van der Waals surface area (Å²) < 4.78 is 50.1. The van der Waals surface area contributed by atoms with E-state index in [2.05, 4.69) is 25.7 Å². The maximum Gasteiger partial charge on any atom is 0.405 e. The number of halogens is 3. The van der Waals surface area contributed by atoms with E-state index in [1.165, 1.54) is 18.5 Å². The van der Waals surface area contributed by atoms with Crippen molar-refractivity contribution in [3.8, 4) is 0 Å². The summed E-state index contributed by atoms with van der Waals surface area (Å²) in [4.78, 5) is 30.5. The van der Waals surface area contributed by atoms with Crippen LogP contribution in [0.25, 0.3) is 11.7 Å². The molecule has 1 saturated heterocycles. The molecular formula is C12H10F3N7O3S. The summed E-state index contributed by atoms with van der Waals surface area (Å²) in [5, 5.41) is 9.99. The van der Waals surface area contributed by atoms with Crippen LogP contribution in [-0.2, 0) is 16.0 Å². The highest BCUT2D eigenvalue weighted by Crippen LogP contribution is 2.20. The van der Waals surface area contributed by atoms with E-state index in [4.69, 9.17) is 0 Å². The summed E-state index contributed by atoms with van der Waals surface area (Å²) >= 11 is -1.68. The minimum absolute atomic E-state index is 0.0105. The average Bonchev–Trinajstić information content (AvgIpc) is 3.07. The van der Waals surface area contributed by atoms with Crippen LogP contribution in [0.2, 0.25) is 0 Å². The number of carbonyl (C=O) groups is 2. The Balaban J connectivity index is 2.07. The van der Waals surface area contributed by atoms with Crippen molar-refractivity contribution < 1.29 is 27.3 Å². The SMILES string of the molecule is C[S+]([O-])c1nc(NCC(F)(F)F)n2ncc(/C=C3\NC(=O)NC3=O)c2n1. The van der Waals surface area contributed by atoms with Gasteiger partial charge in [0, 0.05) is 16.7 Å². The van der Waals surface area contributed by atoms with Crippen LogP contribution in [0, 0.1) is 0 Å². The van der Waals surface area contributed by atoms with E-state index in [1.54, 1.807) is 0 Å². The maximum atomic E-state index is 12.5. The molecule has 2 aromatic rings. The van der Waals surface area contributed by atoms with Crippen LogP contribution in [0.4, 0.5) is 23.9 Å². The fourth-order valence-corrected chi connectivity index (χ4v) is 2.47. The molecule has 0 saturated carbocycles. The highest BCUT2D eigenvalue weighted by atomic mass is 32.2. The number of carbonyl (C=O) groups excluding carboxylic acids is 2. The molecular weight excluding hydrogens is 379 g/mol. The lowest BCUT2D eigenvalue weighted by Crippen LogP contribution is -2.24. The van der Waals surface area contributed by atoms with Gasteiger partial charge in [0.2, 0.25) is 5.95 Å². The Morgan fingerprint density at radius 3 is 2.65 bits per heavy atom. The van der Waals surface area contributed by atoms with Gasteiger partial charge in [-0.1, -0.05) is 0 Å². The number of urea groups is 1. The molecule has 26 heavy (non-hydrogen) atoms. The van der Waals surface area contributed by atoms with Crippen molar-refractivity contribution in [3.05, 3.63) is 17.5 Å².